The molecular formula is C15H15N3O4S. The molecule has 1 amide bonds. The van der Waals surface area contributed by atoms with Crippen molar-refractivity contribution in [1.29, 1.82) is 0 Å². The van der Waals surface area contributed by atoms with E-state index in [1.54, 1.807) is 31.2 Å². The molecule has 120 valence electrons. The molecule has 8 heteroatoms. The van der Waals surface area contributed by atoms with Crippen molar-refractivity contribution in [2.45, 2.75) is 13.0 Å². The van der Waals surface area contributed by atoms with Gasteiger partial charge in [-0.15, -0.1) is 0 Å². The molecule has 2 heterocycles. The second kappa shape index (κ2) is 6.41. The number of hydrogen-bond donors (Lipinski definition) is 1. The van der Waals surface area contributed by atoms with Gasteiger partial charge in [0.25, 0.3) is 10.8 Å². The van der Waals surface area contributed by atoms with Crippen LogP contribution in [-0.2, 0) is 9.53 Å². The molecule has 1 aliphatic heterocycles. The van der Waals surface area contributed by atoms with Gasteiger partial charge in [0.1, 0.15) is 6.54 Å². The highest BCUT2D eigenvalue weighted by Crippen LogP contribution is 2.18. The van der Waals surface area contributed by atoms with E-state index in [0.29, 0.717) is 23.2 Å². The van der Waals surface area contributed by atoms with Crippen LogP contribution in [0.25, 0.3) is 10.9 Å². The van der Waals surface area contributed by atoms with E-state index in [0.717, 1.165) is 0 Å². The summed E-state index contributed by atoms with van der Waals surface area (Å²) < 4.78 is 5.28. The van der Waals surface area contributed by atoms with Gasteiger partial charge in [-0.3, -0.25) is 14.4 Å². The summed E-state index contributed by atoms with van der Waals surface area (Å²) in [6, 6.07) is 6.94. The van der Waals surface area contributed by atoms with Crippen LogP contribution in [0.5, 0.6) is 0 Å². The second-order valence-corrected chi connectivity index (χ2v) is 6.18. The zero-order chi connectivity index (χ0) is 16.4. The number of ether oxygens (including phenoxy) is 1. The molecule has 3 rings (SSSR count). The third-order valence-electron chi connectivity index (χ3n) is 3.49. The van der Waals surface area contributed by atoms with Crippen molar-refractivity contribution >= 4 is 33.9 Å². The van der Waals surface area contributed by atoms with Crippen molar-refractivity contribution in [3.05, 3.63) is 40.4 Å². The molecule has 1 saturated heterocycles. The molecule has 1 aromatic heterocycles. The summed E-state index contributed by atoms with van der Waals surface area (Å²) in [7, 11) is 0. The van der Waals surface area contributed by atoms with Gasteiger partial charge < -0.3 is 14.6 Å². The molecule has 1 aromatic carbocycles. The van der Waals surface area contributed by atoms with Gasteiger partial charge in [0.2, 0.25) is 0 Å². The van der Waals surface area contributed by atoms with Crippen molar-refractivity contribution in [2.75, 3.05) is 18.8 Å². The zero-order valence-electron chi connectivity index (χ0n) is 12.4. The number of fused-ring (bicyclic) bond motifs is 1. The predicted octanol–water partition coefficient (Wildman–Crippen LogP) is 1.70. The summed E-state index contributed by atoms with van der Waals surface area (Å²) in [4.78, 5) is 43.8. The number of hydrogen-bond acceptors (Lipinski definition) is 6. The average Bonchev–Trinajstić information content (AvgIpc) is 2.92. The van der Waals surface area contributed by atoms with Crippen molar-refractivity contribution in [3.8, 4) is 0 Å². The first-order chi connectivity index (χ1) is 11.0. The normalized spacial score (nSPS) is 15.9. The van der Waals surface area contributed by atoms with Gasteiger partial charge in [-0.1, -0.05) is 23.9 Å². The Balaban J connectivity index is 1.72. The first-order valence-corrected chi connectivity index (χ1v) is 8.13. The zero-order valence-corrected chi connectivity index (χ0v) is 13.3. The molecule has 1 aliphatic rings. The molecule has 7 nitrogen and oxygen atoms in total. The summed E-state index contributed by atoms with van der Waals surface area (Å²) in [5, 5.41) is 0.362. The number of para-hydroxylation sites is 1. The van der Waals surface area contributed by atoms with Crippen molar-refractivity contribution in [2.24, 2.45) is 0 Å². The van der Waals surface area contributed by atoms with Gasteiger partial charge in [0, 0.05) is 12.3 Å². The number of amides is 1. The SMILES string of the molecule is C[C@@H](OC(=O)CN1CCSC1=O)c1nc2ccccc2c(=O)[nH]1. The molecule has 1 atom stereocenters. The summed E-state index contributed by atoms with van der Waals surface area (Å²) >= 11 is 1.19. The van der Waals surface area contributed by atoms with Crippen LogP contribution in [0, 0.1) is 0 Å². The first-order valence-electron chi connectivity index (χ1n) is 7.15. The summed E-state index contributed by atoms with van der Waals surface area (Å²) in [5.41, 5.74) is 0.264. The topological polar surface area (TPSA) is 92.4 Å². The van der Waals surface area contributed by atoms with Gasteiger partial charge in [0.15, 0.2) is 11.9 Å². The quantitative estimate of drug-likeness (QED) is 0.856. The molecule has 0 bridgehead atoms. The lowest BCUT2D eigenvalue weighted by Crippen LogP contribution is -2.31. The number of aromatic amines is 1. The number of rotatable bonds is 4. The second-order valence-electron chi connectivity index (χ2n) is 5.14. The number of thioether (sulfide) groups is 1. The van der Waals surface area contributed by atoms with Crippen LogP contribution in [0.1, 0.15) is 18.9 Å². The van der Waals surface area contributed by atoms with E-state index in [1.165, 1.54) is 16.7 Å². The van der Waals surface area contributed by atoms with E-state index in [-0.39, 0.29) is 23.2 Å². The fraction of sp³-hybridized carbons (Fsp3) is 0.333. The molecule has 0 radical (unpaired) electrons. The highest BCUT2D eigenvalue weighted by molar-refractivity contribution is 8.13. The average molecular weight is 333 g/mol. The molecule has 0 unspecified atom stereocenters. The molecular weight excluding hydrogens is 318 g/mol. The molecule has 2 aromatic rings. The van der Waals surface area contributed by atoms with Gasteiger partial charge in [0.05, 0.1) is 10.9 Å². The summed E-state index contributed by atoms with van der Waals surface area (Å²) in [6.45, 7) is 2.08. The fourth-order valence-corrected chi connectivity index (χ4v) is 3.14. The first kappa shape index (κ1) is 15.5. The number of carbonyl (C=O) groups excluding carboxylic acids is 2. The van der Waals surface area contributed by atoms with E-state index >= 15 is 0 Å². The third-order valence-corrected chi connectivity index (χ3v) is 4.38. The van der Waals surface area contributed by atoms with Gasteiger partial charge in [-0.05, 0) is 19.1 Å². The standard InChI is InChI=1S/C15H15N3O4S/c1-9(22-12(19)8-18-6-7-23-15(18)21)13-16-11-5-3-2-4-10(11)14(20)17-13/h2-5,9H,6-8H2,1H3,(H,16,17,20)/t9-/m1/s1. The molecule has 0 saturated carbocycles. The Hall–Kier alpha value is -2.35. The third kappa shape index (κ3) is 3.37. The maximum atomic E-state index is 12.0. The molecule has 1 fully saturated rings. The highest BCUT2D eigenvalue weighted by Gasteiger charge is 2.25. The maximum Gasteiger partial charge on any atom is 0.326 e. The van der Waals surface area contributed by atoms with Gasteiger partial charge >= 0.3 is 5.97 Å². The highest BCUT2D eigenvalue weighted by atomic mass is 32.2. The van der Waals surface area contributed by atoms with Gasteiger partial charge in [-0.25, -0.2) is 4.98 Å². The largest absolute Gasteiger partial charge is 0.453 e. The fourth-order valence-electron chi connectivity index (χ4n) is 2.31. The number of carbonyl (C=O) groups is 2. The van der Waals surface area contributed by atoms with E-state index < -0.39 is 12.1 Å². The minimum absolute atomic E-state index is 0.0893. The Morgan fingerprint density at radius 1 is 1.43 bits per heavy atom. The predicted molar refractivity (Wildman–Crippen MR) is 86.3 cm³/mol. The van der Waals surface area contributed by atoms with Crippen LogP contribution in [0.4, 0.5) is 4.79 Å². The van der Waals surface area contributed by atoms with Crippen molar-refractivity contribution < 1.29 is 14.3 Å². The lowest BCUT2D eigenvalue weighted by atomic mass is 10.2. The van der Waals surface area contributed by atoms with Crippen LogP contribution in [0.3, 0.4) is 0 Å². The number of nitrogens with zero attached hydrogens (tertiary/aromatic N) is 2. The van der Waals surface area contributed by atoms with E-state index in [9.17, 15) is 14.4 Å². The molecule has 23 heavy (non-hydrogen) atoms. The lowest BCUT2D eigenvalue weighted by molar-refractivity contribution is -0.149. The van der Waals surface area contributed by atoms with Crippen LogP contribution in [0.2, 0.25) is 0 Å². The van der Waals surface area contributed by atoms with Gasteiger partial charge in [-0.2, -0.15) is 0 Å². The van der Waals surface area contributed by atoms with Crippen molar-refractivity contribution in [1.82, 2.24) is 14.9 Å². The Bertz CT molecular complexity index is 820. The number of aromatic nitrogens is 2. The van der Waals surface area contributed by atoms with E-state index in [2.05, 4.69) is 9.97 Å². The molecule has 0 aliphatic carbocycles. The van der Waals surface area contributed by atoms with Crippen LogP contribution in [-0.4, -0.2) is 44.9 Å². The maximum absolute atomic E-state index is 12.0. The monoisotopic (exact) mass is 333 g/mol. The Morgan fingerprint density at radius 3 is 2.96 bits per heavy atom. The number of esters is 1. The van der Waals surface area contributed by atoms with E-state index in [4.69, 9.17) is 4.74 Å². The summed E-state index contributed by atoms with van der Waals surface area (Å²) in [5.74, 6) is 0.439. The Morgan fingerprint density at radius 2 is 2.22 bits per heavy atom. The smallest absolute Gasteiger partial charge is 0.326 e. The Labute approximate surface area is 136 Å². The lowest BCUT2D eigenvalue weighted by Gasteiger charge is -2.17. The number of H-pyrrole nitrogens is 1. The molecule has 1 N–H and O–H groups in total. The number of nitrogens with one attached hydrogen (secondary N) is 1. The van der Waals surface area contributed by atoms with Crippen LogP contribution in [0.15, 0.2) is 29.1 Å². The van der Waals surface area contributed by atoms with Crippen LogP contribution >= 0.6 is 11.8 Å². The van der Waals surface area contributed by atoms with Crippen LogP contribution < -0.4 is 5.56 Å². The minimum Gasteiger partial charge on any atom is -0.453 e. The summed E-state index contributed by atoms with van der Waals surface area (Å²) in [6.07, 6.45) is -0.704. The number of benzene rings is 1. The van der Waals surface area contributed by atoms with E-state index in [1.807, 2.05) is 0 Å². The molecule has 0 spiro atoms. The van der Waals surface area contributed by atoms with Crippen molar-refractivity contribution in [3.63, 3.8) is 0 Å². The Kier molecular flexibility index (Phi) is 4.33. The minimum atomic E-state index is -0.704.